The first-order chi connectivity index (χ1) is 27.2. The fraction of sp³-hybridized carbons (Fsp3) is 0.386. The minimum absolute atomic E-state index is 0.0101. The first-order valence-electron chi connectivity index (χ1n) is 19.0. The molecule has 1 saturated heterocycles. The molecule has 1 heterocycles. The average Bonchev–Trinajstić information content (AvgIpc) is 3.45. The van der Waals surface area contributed by atoms with Crippen molar-refractivity contribution >= 4 is 81.2 Å². The van der Waals surface area contributed by atoms with Gasteiger partial charge in [-0.3, -0.25) is 10.2 Å². The van der Waals surface area contributed by atoms with E-state index in [1.807, 2.05) is 26.8 Å². The number of phenolic OH excluding ortho intramolecular Hbond substituents is 1. The first kappa shape index (κ1) is 44.7. The maximum Gasteiger partial charge on any atom is 0.338 e. The van der Waals surface area contributed by atoms with E-state index in [0.717, 1.165) is 29.2 Å². The molecule has 308 valence electrons. The molecule has 0 aromatic heterocycles. The van der Waals surface area contributed by atoms with E-state index in [-0.39, 0.29) is 72.7 Å². The van der Waals surface area contributed by atoms with Gasteiger partial charge in [-0.2, -0.15) is 10.2 Å². The molecule has 1 aliphatic heterocycles. The summed E-state index contributed by atoms with van der Waals surface area (Å²) in [6.07, 6.45) is 1.92. The molecule has 4 aromatic carbocycles. The lowest BCUT2D eigenvalue weighted by atomic mass is 9.76. The number of carbonyl (C=O) groups is 2. The number of aromatic hydroxyl groups is 1. The molecular formula is C44H49Cl4N5O5. The lowest BCUT2D eigenvalue weighted by Gasteiger charge is -2.30. The minimum atomic E-state index is -1.32. The zero-order valence-electron chi connectivity index (χ0n) is 34.1. The van der Waals surface area contributed by atoms with E-state index in [2.05, 4.69) is 74.3 Å². The van der Waals surface area contributed by atoms with Gasteiger partial charge >= 0.3 is 5.97 Å². The number of ether oxygens (including phenoxy) is 2. The van der Waals surface area contributed by atoms with Gasteiger partial charge in [0.25, 0.3) is 5.91 Å². The predicted octanol–water partition coefficient (Wildman–Crippen LogP) is 12.6. The Kier molecular flexibility index (Phi) is 13.8. The van der Waals surface area contributed by atoms with Crippen LogP contribution in [0.5, 0.6) is 11.5 Å². The van der Waals surface area contributed by atoms with Gasteiger partial charge in [-0.05, 0) is 89.2 Å². The summed E-state index contributed by atoms with van der Waals surface area (Å²) in [6.45, 7) is 19.2. The summed E-state index contributed by atoms with van der Waals surface area (Å²) in [5.74, 6) is -0.345. The van der Waals surface area contributed by atoms with Gasteiger partial charge < -0.3 is 14.6 Å². The SMILES string of the molecule is CCC(C)(C)c1ccc(OCCOC(=O)c2ccc(Cl)c(N=C3NN(c4c(Cl)cc(Cl)cc4Cl)C(=O)C3N=Nc3ccc(O)c(C(C)(C)C)c3)c2)c(C(C)(C)CC)c1. The van der Waals surface area contributed by atoms with Crippen molar-refractivity contribution in [2.24, 2.45) is 15.2 Å². The molecule has 58 heavy (non-hydrogen) atoms. The van der Waals surface area contributed by atoms with Crippen LogP contribution >= 0.6 is 46.4 Å². The highest BCUT2D eigenvalue weighted by molar-refractivity contribution is 6.43. The maximum atomic E-state index is 14.0. The van der Waals surface area contributed by atoms with Crippen LogP contribution in [0.4, 0.5) is 17.1 Å². The molecule has 0 spiro atoms. The van der Waals surface area contributed by atoms with Crippen LogP contribution in [0.15, 0.2) is 82.0 Å². The third-order valence-electron chi connectivity index (χ3n) is 10.5. The molecule has 1 atom stereocenters. The molecule has 5 rings (SSSR count). The van der Waals surface area contributed by atoms with Crippen LogP contribution in [-0.2, 0) is 25.8 Å². The summed E-state index contributed by atoms with van der Waals surface area (Å²) in [5.41, 5.74) is 6.28. The molecule has 4 aromatic rings. The number of hydrogen-bond acceptors (Lipinski definition) is 8. The van der Waals surface area contributed by atoms with Crippen molar-refractivity contribution in [1.29, 1.82) is 0 Å². The Balaban J connectivity index is 1.40. The summed E-state index contributed by atoms with van der Waals surface area (Å²) in [6, 6.07) is 17.2. The van der Waals surface area contributed by atoms with Gasteiger partial charge in [-0.1, -0.05) is 121 Å². The number of carbonyl (C=O) groups excluding carboxylic acids is 2. The van der Waals surface area contributed by atoms with Crippen molar-refractivity contribution in [2.45, 2.75) is 97.4 Å². The monoisotopic (exact) mass is 867 g/mol. The van der Waals surface area contributed by atoms with Crippen molar-refractivity contribution < 1.29 is 24.2 Å². The summed E-state index contributed by atoms with van der Waals surface area (Å²) >= 11 is 25.8. The fourth-order valence-corrected chi connectivity index (χ4v) is 7.26. The molecule has 1 aliphatic rings. The standard InChI is InChI=1S/C44H49Cl4N5O5/c1-10-43(6,7)26-13-17-36(30(21-26)44(8,9)11-2)57-18-19-58-41(56)25-12-15-31(46)34(20-25)49-39-37(51-50-28-14-16-35(54)29(24-28)42(3,4)5)40(55)53(52-39)38-32(47)22-27(45)23-33(38)48/h12-17,20-24,37,54H,10-11,18-19H2,1-9H3,(H,49,52). The van der Waals surface area contributed by atoms with E-state index in [9.17, 15) is 14.7 Å². The normalized spacial score (nSPS) is 15.7. The number of hydrazine groups is 1. The third kappa shape index (κ3) is 10.1. The van der Waals surface area contributed by atoms with Gasteiger partial charge in [0.1, 0.15) is 30.4 Å². The summed E-state index contributed by atoms with van der Waals surface area (Å²) in [5, 5.41) is 20.9. The van der Waals surface area contributed by atoms with Crippen molar-refractivity contribution in [2.75, 3.05) is 18.2 Å². The number of benzene rings is 4. The van der Waals surface area contributed by atoms with Crippen molar-refractivity contribution in [3.63, 3.8) is 0 Å². The molecule has 0 bridgehead atoms. The number of azo groups is 1. The molecule has 14 heteroatoms. The van der Waals surface area contributed by atoms with E-state index in [1.165, 1.54) is 42.0 Å². The second-order valence-electron chi connectivity index (χ2n) is 16.4. The predicted molar refractivity (Wildman–Crippen MR) is 235 cm³/mol. The Labute approximate surface area is 360 Å². The number of rotatable bonds is 13. The number of halogens is 4. The largest absolute Gasteiger partial charge is 0.508 e. The van der Waals surface area contributed by atoms with Crippen LogP contribution in [0.25, 0.3) is 0 Å². The fourth-order valence-electron chi connectivity index (χ4n) is 6.11. The number of anilines is 1. The lowest BCUT2D eigenvalue weighted by molar-refractivity contribution is -0.117. The molecule has 10 nitrogen and oxygen atoms in total. The zero-order valence-corrected chi connectivity index (χ0v) is 37.2. The van der Waals surface area contributed by atoms with E-state index in [1.54, 1.807) is 12.1 Å². The van der Waals surface area contributed by atoms with Crippen LogP contribution in [0.2, 0.25) is 20.1 Å². The van der Waals surface area contributed by atoms with Crippen molar-refractivity contribution in [3.05, 3.63) is 109 Å². The van der Waals surface area contributed by atoms with Gasteiger partial charge in [0.2, 0.25) is 6.04 Å². The smallest absolute Gasteiger partial charge is 0.338 e. The van der Waals surface area contributed by atoms with E-state index in [4.69, 9.17) is 55.9 Å². The quantitative estimate of drug-likeness (QED) is 0.0783. The Bertz CT molecular complexity index is 2240. The number of esters is 1. The highest BCUT2D eigenvalue weighted by Crippen LogP contribution is 2.40. The second kappa shape index (κ2) is 17.9. The first-order valence-corrected chi connectivity index (χ1v) is 20.5. The molecule has 0 radical (unpaired) electrons. The molecule has 2 N–H and O–H groups in total. The van der Waals surface area contributed by atoms with Gasteiger partial charge in [-0.15, -0.1) is 0 Å². The number of amidine groups is 1. The number of hydrogen-bond donors (Lipinski definition) is 2. The van der Waals surface area contributed by atoms with Gasteiger partial charge in [0, 0.05) is 16.1 Å². The minimum Gasteiger partial charge on any atom is -0.508 e. The Morgan fingerprint density at radius 2 is 1.48 bits per heavy atom. The topological polar surface area (TPSA) is 125 Å². The molecular weight excluding hydrogens is 820 g/mol. The van der Waals surface area contributed by atoms with Crippen LogP contribution in [0, 0.1) is 0 Å². The van der Waals surface area contributed by atoms with Crippen LogP contribution in [0.1, 0.15) is 102 Å². The Morgan fingerprint density at radius 1 is 0.810 bits per heavy atom. The van der Waals surface area contributed by atoms with Gasteiger partial charge in [0.05, 0.1) is 32.0 Å². The summed E-state index contributed by atoms with van der Waals surface area (Å²) < 4.78 is 11.8. The van der Waals surface area contributed by atoms with Crippen LogP contribution in [0.3, 0.4) is 0 Å². The van der Waals surface area contributed by atoms with Gasteiger partial charge in [0.15, 0.2) is 5.84 Å². The number of aliphatic imine (C=N–C) groups is 1. The van der Waals surface area contributed by atoms with E-state index < -0.39 is 23.3 Å². The summed E-state index contributed by atoms with van der Waals surface area (Å²) in [7, 11) is 0. The van der Waals surface area contributed by atoms with E-state index in [0.29, 0.717) is 11.3 Å². The van der Waals surface area contributed by atoms with E-state index >= 15 is 0 Å². The Morgan fingerprint density at radius 3 is 2.12 bits per heavy atom. The van der Waals surface area contributed by atoms with Crippen molar-refractivity contribution in [1.82, 2.24) is 5.43 Å². The lowest BCUT2D eigenvalue weighted by Crippen LogP contribution is -2.36. The summed E-state index contributed by atoms with van der Waals surface area (Å²) in [4.78, 5) is 32.0. The molecule has 1 unspecified atom stereocenters. The van der Waals surface area contributed by atoms with Crippen LogP contribution < -0.4 is 15.2 Å². The Hall–Kier alpha value is -4.35. The molecule has 1 fully saturated rings. The number of nitrogens with one attached hydrogen (secondary N) is 1. The van der Waals surface area contributed by atoms with Gasteiger partial charge in [-0.25, -0.2) is 14.8 Å². The zero-order chi connectivity index (χ0) is 42.7. The number of phenols is 1. The third-order valence-corrected chi connectivity index (χ3v) is 11.6. The molecule has 0 saturated carbocycles. The highest BCUT2D eigenvalue weighted by atomic mass is 35.5. The second-order valence-corrected chi connectivity index (χ2v) is 18.1. The number of amides is 1. The molecule has 0 aliphatic carbocycles. The van der Waals surface area contributed by atoms with Crippen LogP contribution in [-0.4, -0.2) is 42.1 Å². The molecule has 1 amide bonds. The average molecular weight is 870 g/mol. The maximum absolute atomic E-state index is 14.0. The van der Waals surface area contributed by atoms with Crippen molar-refractivity contribution in [3.8, 4) is 11.5 Å². The highest BCUT2D eigenvalue weighted by Gasteiger charge is 2.41. The number of nitrogens with zero attached hydrogens (tertiary/aromatic N) is 4.